The third-order valence-electron chi connectivity index (χ3n) is 7.99. The van der Waals surface area contributed by atoms with Crippen molar-refractivity contribution in [2.45, 2.75) is 44.2 Å². The van der Waals surface area contributed by atoms with Gasteiger partial charge in [0, 0.05) is 49.6 Å². The highest BCUT2D eigenvalue weighted by Gasteiger charge is 2.31. The highest BCUT2D eigenvalue weighted by atomic mass is 19.1. The number of amides is 2. The van der Waals surface area contributed by atoms with E-state index in [2.05, 4.69) is 15.6 Å². The molecule has 1 aromatic heterocycles. The molecule has 0 bridgehead atoms. The number of hydrogen-bond acceptors (Lipinski definition) is 5. The molecule has 2 N–H and O–H groups in total. The highest BCUT2D eigenvalue weighted by Crippen LogP contribution is 2.31. The Morgan fingerprint density at radius 2 is 1.67 bits per heavy atom. The van der Waals surface area contributed by atoms with Crippen LogP contribution in [0.1, 0.15) is 42.4 Å². The van der Waals surface area contributed by atoms with Crippen molar-refractivity contribution in [3.8, 4) is 5.75 Å². The van der Waals surface area contributed by atoms with Crippen LogP contribution in [0.2, 0.25) is 0 Å². The zero-order valence-corrected chi connectivity index (χ0v) is 25.2. The summed E-state index contributed by atoms with van der Waals surface area (Å²) < 4.78 is 62.9. The van der Waals surface area contributed by atoms with Crippen molar-refractivity contribution < 1.29 is 31.9 Å². The Hall–Kier alpha value is -4.77. The van der Waals surface area contributed by atoms with Crippen LogP contribution in [-0.4, -0.2) is 53.5 Å². The smallest absolute Gasteiger partial charge is 0.263 e. The average Bonchev–Trinajstić information content (AvgIpc) is 3.03. The Balaban J connectivity index is 1.29. The molecule has 0 saturated carbocycles. The summed E-state index contributed by atoms with van der Waals surface area (Å²) in [7, 11) is 0. The SMILES string of the molecule is CC(Oc1ccccc1)C(=O)N1CCNC[C@@H]1CCc1c(F)cncc1NC(=O)C[C@@H](c1ccc(F)cc1)c1cc(F)cc(F)c1. The molecule has 4 aromatic rings. The summed E-state index contributed by atoms with van der Waals surface area (Å²) in [5, 5.41) is 5.99. The second-order valence-electron chi connectivity index (χ2n) is 11.2. The fourth-order valence-corrected chi connectivity index (χ4v) is 5.72. The number of halogens is 4. The van der Waals surface area contributed by atoms with Crippen molar-refractivity contribution >= 4 is 17.5 Å². The molecule has 3 aromatic carbocycles. The number of rotatable bonds is 11. The van der Waals surface area contributed by atoms with Crippen molar-refractivity contribution in [2.75, 3.05) is 25.0 Å². The Kier molecular flexibility index (Phi) is 10.6. The molecule has 0 aliphatic carbocycles. The summed E-state index contributed by atoms with van der Waals surface area (Å²) in [6.45, 7) is 3.26. The minimum atomic E-state index is -0.816. The number of carbonyl (C=O) groups is 2. The van der Waals surface area contributed by atoms with Gasteiger partial charge in [0.25, 0.3) is 5.91 Å². The van der Waals surface area contributed by atoms with Gasteiger partial charge < -0.3 is 20.3 Å². The van der Waals surface area contributed by atoms with Crippen LogP contribution in [0.25, 0.3) is 0 Å². The van der Waals surface area contributed by atoms with E-state index in [4.69, 9.17) is 4.74 Å². The van der Waals surface area contributed by atoms with Crippen LogP contribution < -0.4 is 15.4 Å². The molecule has 0 radical (unpaired) electrons. The first-order chi connectivity index (χ1) is 22.2. The van der Waals surface area contributed by atoms with Crippen LogP contribution >= 0.6 is 0 Å². The molecule has 5 rings (SSSR count). The monoisotopic (exact) mass is 634 g/mol. The van der Waals surface area contributed by atoms with Crippen LogP contribution in [0.3, 0.4) is 0 Å². The fraction of sp³-hybridized carbons (Fsp3) is 0.286. The molecule has 7 nitrogen and oxygen atoms in total. The molecule has 240 valence electrons. The molecule has 46 heavy (non-hydrogen) atoms. The zero-order chi connectivity index (χ0) is 32.6. The van der Waals surface area contributed by atoms with E-state index in [-0.39, 0.29) is 41.6 Å². The molecule has 1 saturated heterocycles. The number of carbonyl (C=O) groups excluding carboxylic acids is 2. The van der Waals surface area contributed by atoms with E-state index < -0.39 is 41.2 Å². The maximum absolute atomic E-state index is 15.2. The van der Waals surface area contributed by atoms with Crippen molar-refractivity contribution in [1.29, 1.82) is 0 Å². The van der Waals surface area contributed by atoms with Crippen LogP contribution in [0, 0.1) is 23.3 Å². The van der Waals surface area contributed by atoms with Gasteiger partial charge in [-0.25, -0.2) is 17.6 Å². The summed E-state index contributed by atoms with van der Waals surface area (Å²) >= 11 is 0. The van der Waals surface area contributed by atoms with Crippen LogP contribution in [0.15, 0.2) is 85.2 Å². The predicted octanol–water partition coefficient (Wildman–Crippen LogP) is 6.00. The molecule has 3 atom stereocenters. The quantitative estimate of drug-likeness (QED) is 0.198. The third kappa shape index (κ3) is 8.28. The molecule has 1 unspecified atom stereocenters. The van der Waals surface area contributed by atoms with E-state index in [0.717, 1.165) is 24.4 Å². The Morgan fingerprint density at radius 1 is 0.957 bits per heavy atom. The molecular formula is C35H34F4N4O3. The largest absolute Gasteiger partial charge is 0.481 e. The first-order valence-electron chi connectivity index (χ1n) is 15.0. The van der Waals surface area contributed by atoms with Crippen molar-refractivity contribution in [2.24, 2.45) is 0 Å². The van der Waals surface area contributed by atoms with Crippen molar-refractivity contribution in [1.82, 2.24) is 15.2 Å². The first kappa shape index (κ1) is 32.6. The van der Waals surface area contributed by atoms with Crippen molar-refractivity contribution in [3.05, 3.63) is 125 Å². The van der Waals surface area contributed by atoms with Crippen LogP contribution in [0.4, 0.5) is 23.2 Å². The van der Waals surface area contributed by atoms with Gasteiger partial charge >= 0.3 is 0 Å². The van der Waals surface area contributed by atoms with Gasteiger partial charge in [-0.05, 0) is 67.3 Å². The molecule has 2 amide bonds. The van der Waals surface area contributed by atoms with Gasteiger partial charge in [0.1, 0.15) is 29.0 Å². The minimum Gasteiger partial charge on any atom is -0.481 e. The number of hydrogen-bond donors (Lipinski definition) is 2. The molecule has 1 aliphatic heterocycles. The number of ether oxygens (including phenoxy) is 1. The Morgan fingerprint density at radius 3 is 2.39 bits per heavy atom. The summed E-state index contributed by atoms with van der Waals surface area (Å²) in [6, 6.07) is 17.1. The molecule has 11 heteroatoms. The summed E-state index contributed by atoms with van der Waals surface area (Å²) in [4.78, 5) is 32.4. The fourth-order valence-electron chi connectivity index (χ4n) is 5.72. The zero-order valence-electron chi connectivity index (χ0n) is 25.2. The van der Waals surface area contributed by atoms with Gasteiger partial charge in [-0.15, -0.1) is 0 Å². The normalized spacial score (nSPS) is 16.0. The molecule has 1 aliphatic rings. The number of anilines is 1. The lowest BCUT2D eigenvalue weighted by Crippen LogP contribution is -2.56. The van der Waals surface area contributed by atoms with Gasteiger partial charge in [-0.1, -0.05) is 30.3 Å². The molecule has 2 heterocycles. The predicted molar refractivity (Wildman–Crippen MR) is 165 cm³/mol. The molecule has 1 fully saturated rings. The lowest BCUT2D eigenvalue weighted by Gasteiger charge is -2.37. The molecule has 0 spiro atoms. The standard InChI is InChI=1S/C35H34F4N4O3/c1-22(46-29-5-3-2-4-6-29)35(45)43-14-13-40-19-28(43)11-12-30-32(39)20-41-21-33(30)42-34(44)18-31(23-7-9-25(36)10-8-23)24-15-26(37)17-27(38)16-24/h2-10,15-17,20-22,28,31,40H,11-14,18-19H2,1H3,(H,42,44)/t22?,28-,31-/m0/s1. The summed E-state index contributed by atoms with van der Waals surface area (Å²) in [5.74, 6) is -3.73. The van der Waals surface area contributed by atoms with Gasteiger partial charge in [-0.3, -0.25) is 14.6 Å². The topological polar surface area (TPSA) is 83.6 Å². The number of piperazine rings is 1. The van der Waals surface area contributed by atoms with Gasteiger partial charge in [0.05, 0.1) is 18.1 Å². The average molecular weight is 635 g/mol. The van der Waals surface area contributed by atoms with Crippen LogP contribution in [-0.2, 0) is 16.0 Å². The highest BCUT2D eigenvalue weighted by molar-refractivity contribution is 5.92. The maximum Gasteiger partial charge on any atom is 0.263 e. The third-order valence-corrected chi connectivity index (χ3v) is 7.99. The second-order valence-corrected chi connectivity index (χ2v) is 11.2. The van der Waals surface area contributed by atoms with E-state index in [1.807, 2.05) is 18.2 Å². The van der Waals surface area contributed by atoms with Crippen LogP contribution in [0.5, 0.6) is 5.75 Å². The van der Waals surface area contributed by atoms with Gasteiger partial charge in [0.2, 0.25) is 5.91 Å². The van der Waals surface area contributed by atoms with Crippen molar-refractivity contribution in [3.63, 3.8) is 0 Å². The second kappa shape index (κ2) is 15.0. The summed E-state index contributed by atoms with van der Waals surface area (Å²) in [6.07, 6.45) is 1.98. The van der Waals surface area contributed by atoms with E-state index in [9.17, 15) is 22.8 Å². The van der Waals surface area contributed by atoms with Gasteiger partial charge in [-0.2, -0.15) is 0 Å². The number of nitrogens with zero attached hydrogens (tertiary/aromatic N) is 2. The Labute approximate surface area is 264 Å². The van der Waals surface area contributed by atoms with E-state index >= 15 is 4.39 Å². The lowest BCUT2D eigenvalue weighted by molar-refractivity contribution is -0.141. The summed E-state index contributed by atoms with van der Waals surface area (Å²) in [5.41, 5.74) is 1.02. The number of para-hydroxylation sites is 1. The maximum atomic E-state index is 15.2. The number of nitrogens with one attached hydrogen (secondary N) is 2. The number of pyridine rings is 1. The van der Waals surface area contributed by atoms with E-state index in [1.54, 1.807) is 24.0 Å². The number of benzene rings is 3. The van der Waals surface area contributed by atoms with E-state index in [0.29, 0.717) is 37.4 Å². The van der Waals surface area contributed by atoms with Gasteiger partial charge in [0.15, 0.2) is 6.10 Å². The first-order valence-corrected chi connectivity index (χ1v) is 15.0. The minimum absolute atomic E-state index is 0.149. The Bertz CT molecular complexity index is 1640. The number of aromatic nitrogens is 1. The molecular weight excluding hydrogens is 600 g/mol. The lowest BCUT2D eigenvalue weighted by atomic mass is 9.88. The van der Waals surface area contributed by atoms with E-state index in [1.165, 1.54) is 30.5 Å².